The lowest BCUT2D eigenvalue weighted by atomic mass is 10.2. The maximum atomic E-state index is 11.9. The summed E-state index contributed by atoms with van der Waals surface area (Å²) in [4.78, 5) is 14.3. The third-order valence-electron chi connectivity index (χ3n) is 3.33. The van der Waals surface area contributed by atoms with E-state index in [0.717, 1.165) is 26.2 Å². The average molecular weight is 263 g/mol. The zero-order valence-corrected chi connectivity index (χ0v) is 11.3. The van der Waals surface area contributed by atoms with Gasteiger partial charge in [-0.25, -0.2) is 0 Å². The molecule has 0 radical (unpaired) electrons. The molecule has 1 aromatic carbocycles. The Balaban J connectivity index is 1.81. The van der Waals surface area contributed by atoms with E-state index >= 15 is 0 Å². The van der Waals surface area contributed by atoms with E-state index in [1.165, 1.54) is 0 Å². The van der Waals surface area contributed by atoms with Crippen LogP contribution in [0.3, 0.4) is 0 Å². The number of nitrogen functional groups attached to an aromatic ring is 1. The zero-order chi connectivity index (χ0) is 13.7. The molecule has 1 fully saturated rings. The minimum Gasteiger partial charge on any atom is -0.399 e. The predicted molar refractivity (Wildman–Crippen MR) is 75.0 cm³/mol. The monoisotopic (exact) mass is 263 g/mol. The predicted octanol–water partition coefficient (Wildman–Crippen LogP) is 0.719. The highest BCUT2D eigenvalue weighted by molar-refractivity contribution is 5.94. The molecule has 0 saturated carbocycles. The number of nitrogens with one attached hydrogen (secondary N) is 1. The Morgan fingerprint density at radius 1 is 1.47 bits per heavy atom. The van der Waals surface area contributed by atoms with Crippen LogP contribution in [0, 0.1) is 0 Å². The smallest absolute Gasteiger partial charge is 0.251 e. The molecule has 1 amide bonds. The zero-order valence-electron chi connectivity index (χ0n) is 11.3. The maximum absolute atomic E-state index is 11.9. The van der Waals surface area contributed by atoms with Crippen molar-refractivity contribution in [3.8, 4) is 0 Å². The number of carbonyl (C=O) groups excluding carboxylic acids is 1. The molecular formula is C14H21N3O2. The van der Waals surface area contributed by atoms with Crippen LogP contribution in [0.1, 0.15) is 17.3 Å². The normalized spacial score (nSPS) is 20.2. The number of likely N-dealkylation sites (N-methyl/N-ethyl adjacent to an activating group) is 1. The van der Waals surface area contributed by atoms with Crippen LogP contribution in [0.25, 0.3) is 0 Å². The van der Waals surface area contributed by atoms with E-state index in [-0.39, 0.29) is 12.0 Å². The average Bonchev–Trinajstić information content (AvgIpc) is 2.46. The summed E-state index contributed by atoms with van der Waals surface area (Å²) >= 11 is 0. The summed E-state index contributed by atoms with van der Waals surface area (Å²) in [5, 5.41) is 2.90. The number of hydrogen-bond acceptors (Lipinski definition) is 4. The molecule has 1 aliphatic heterocycles. The lowest BCUT2D eigenvalue weighted by Gasteiger charge is -2.32. The van der Waals surface area contributed by atoms with Crippen LogP contribution in [0.2, 0.25) is 0 Å². The molecule has 3 N–H and O–H groups in total. The summed E-state index contributed by atoms with van der Waals surface area (Å²) in [7, 11) is 0. The van der Waals surface area contributed by atoms with Crippen molar-refractivity contribution in [3.05, 3.63) is 29.8 Å². The molecule has 0 spiro atoms. The highest BCUT2D eigenvalue weighted by atomic mass is 16.5. The van der Waals surface area contributed by atoms with Gasteiger partial charge >= 0.3 is 0 Å². The molecule has 1 unspecified atom stereocenters. The van der Waals surface area contributed by atoms with Gasteiger partial charge in [0.2, 0.25) is 0 Å². The van der Waals surface area contributed by atoms with Gasteiger partial charge in [-0.05, 0) is 30.8 Å². The van der Waals surface area contributed by atoms with Gasteiger partial charge in [0.15, 0.2) is 0 Å². The van der Waals surface area contributed by atoms with Crippen molar-refractivity contribution >= 4 is 11.6 Å². The summed E-state index contributed by atoms with van der Waals surface area (Å²) in [5.41, 5.74) is 6.87. The second-order valence-electron chi connectivity index (χ2n) is 4.72. The molecular weight excluding hydrogens is 242 g/mol. The fraction of sp³-hybridized carbons (Fsp3) is 0.500. The number of ether oxygens (including phenoxy) is 1. The molecule has 2 rings (SSSR count). The van der Waals surface area contributed by atoms with Crippen LogP contribution < -0.4 is 11.1 Å². The Kier molecular flexibility index (Phi) is 4.76. The third-order valence-corrected chi connectivity index (χ3v) is 3.33. The molecule has 1 atom stereocenters. The summed E-state index contributed by atoms with van der Waals surface area (Å²) in [6.07, 6.45) is 0.0754. The van der Waals surface area contributed by atoms with E-state index in [4.69, 9.17) is 10.5 Å². The van der Waals surface area contributed by atoms with Crippen molar-refractivity contribution in [2.24, 2.45) is 0 Å². The van der Waals surface area contributed by atoms with Crippen LogP contribution in [0.15, 0.2) is 24.3 Å². The van der Waals surface area contributed by atoms with Gasteiger partial charge in [-0.15, -0.1) is 0 Å². The van der Waals surface area contributed by atoms with E-state index in [0.29, 0.717) is 17.8 Å². The fourth-order valence-electron chi connectivity index (χ4n) is 2.13. The molecule has 5 nitrogen and oxygen atoms in total. The van der Waals surface area contributed by atoms with Gasteiger partial charge in [0, 0.05) is 30.9 Å². The van der Waals surface area contributed by atoms with Crippen molar-refractivity contribution in [1.29, 1.82) is 0 Å². The van der Waals surface area contributed by atoms with E-state index in [1.54, 1.807) is 24.3 Å². The lowest BCUT2D eigenvalue weighted by Crippen LogP contribution is -2.47. The minimum absolute atomic E-state index is 0.0754. The molecule has 19 heavy (non-hydrogen) atoms. The Labute approximate surface area is 113 Å². The van der Waals surface area contributed by atoms with E-state index in [1.807, 2.05) is 0 Å². The number of carbonyl (C=O) groups is 1. The van der Waals surface area contributed by atoms with Crippen LogP contribution in [0.5, 0.6) is 0 Å². The standard InChI is InChI=1S/C14H21N3O2/c1-2-17-7-8-19-13(10-17)9-16-14(18)11-3-5-12(15)6-4-11/h3-6,13H,2,7-10,15H2,1H3,(H,16,18). The first-order valence-corrected chi connectivity index (χ1v) is 6.66. The second kappa shape index (κ2) is 6.54. The molecule has 104 valence electrons. The molecule has 1 aliphatic rings. The summed E-state index contributed by atoms with van der Waals surface area (Å²) in [6.45, 7) is 6.27. The lowest BCUT2D eigenvalue weighted by molar-refractivity contribution is -0.0246. The summed E-state index contributed by atoms with van der Waals surface area (Å²) in [6, 6.07) is 6.91. The van der Waals surface area contributed by atoms with Gasteiger partial charge in [-0.2, -0.15) is 0 Å². The van der Waals surface area contributed by atoms with E-state index in [9.17, 15) is 4.79 Å². The number of benzene rings is 1. The van der Waals surface area contributed by atoms with Gasteiger partial charge in [-0.3, -0.25) is 9.69 Å². The van der Waals surface area contributed by atoms with Crippen molar-refractivity contribution < 1.29 is 9.53 Å². The largest absolute Gasteiger partial charge is 0.399 e. The molecule has 1 saturated heterocycles. The second-order valence-corrected chi connectivity index (χ2v) is 4.72. The Hall–Kier alpha value is -1.59. The quantitative estimate of drug-likeness (QED) is 0.786. The first-order chi connectivity index (χ1) is 9.19. The number of nitrogens with zero attached hydrogens (tertiary/aromatic N) is 1. The number of rotatable bonds is 4. The number of morpholine rings is 1. The van der Waals surface area contributed by atoms with Crippen LogP contribution in [-0.2, 0) is 4.74 Å². The minimum atomic E-state index is -0.0859. The molecule has 5 heteroatoms. The third kappa shape index (κ3) is 3.94. The van der Waals surface area contributed by atoms with Crippen molar-refractivity contribution in [3.63, 3.8) is 0 Å². The van der Waals surface area contributed by atoms with Gasteiger partial charge in [-0.1, -0.05) is 6.92 Å². The van der Waals surface area contributed by atoms with Crippen LogP contribution in [0.4, 0.5) is 5.69 Å². The summed E-state index contributed by atoms with van der Waals surface area (Å²) < 4.78 is 5.64. The molecule has 0 aromatic heterocycles. The molecule has 0 aliphatic carbocycles. The van der Waals surface area contributed by atoms with E-state index < -0.39 is 0 Å². The molecule has 1 heterocycles. The van der Waals surface area contributed by atoms with Crippen LogP contribution >= 0.6 is 0 Å². The van der Waals surface area contributed by atoms with Crippen LogP contribution in [-0.4, -0.2) is 49.7 Å². The molecule has 0 bridgehead atoms. The Morgan fingerprint density at radius 3 is 2.89 bits per heavy atom. The Bertz CT molecular complexity index is 419. The van der Waals surface area contributed by atoms with Gasteiger partial charge in [0.1, 0.15) is 0 Å². The number of amides is 1. The number of anilines is 1. The topological polar surface area (TPSA) is 67.6 Å². The SMILES string of the molecule is CCN1CCOC(CNC(=O)c2ccc(N)cc2)C1. The number of nitrogens with two attached hydrogens (primary N) is 1. The highest BCUT2D eigenvalue weighted by Gasteiger charge is 2.19. The highest BCUT2D eigenvalue weighted by Crippen LogP contribution is 2.06. The number of hydrogen-bond donors (Lipinski definition) is 2. The fourth-order valence-corrected chi connectivity index (χ4v) is 2.13. The summed E-state index contributed by atoms with van der Waals surface area (Å²) in [5.74, 6) is -0.0859. The van der Waals surface area contributed by atoms with E-state index in [2.05, 4.69) is 17.1 Å². The van der Waals surface area contributed by atoms with Gasteiger partial charge in [0.25, 0.3) is 5.91 Å². The van der Waals surface area contributed by atoms with Crippen molar-refractivity contribution in [2.75, 3.05) is 38.5 Å². The Morgan fingerprint density at radius 2 is 2.21 bits per heavy atom. The maximum Gasteiger partial charge on any atom is 0.251 e. The van der Waals surface area contributed by atoms with Crippen molar-refractivity contribution in [1.82, 2.24) is 10.2 Å². The van der Waals surface area contributed by atoms with Crippen molar-refractivity contribution in [2.45, 2.75) is 13.0 Å². The first kappa shape index (κ1) is 13.8. The van der Waals surface area contributed by atoms with Gasteiger partial charge < -0.3 is 15.8 Å². The first-order valence-electron chi connectivity index (χ1n) is 6.66. The van der Waals surface area contributed by atoms with Gasteiger partial charge in [0.05, 0.1) is 12.7 Å². The molecule has 1 aromatic rings.